The van der Waals surface area contributed by atoms with Crippen LogP contribution in [0.15, 0.2) is 30.7 Å². The maximum atomic E-state index is 11.1. The number of nitrogen functional groups attached to an aromatic ring is 1. The van der Waals surface area contributed by atoms with Crippen molar-refractivity contribution in [2.45, 2.75) is 13.5 Å². The van der Waals surface area contributed by atoms with E-state index in [1.54, 1.807) is 31.5 Å². The first-order valence-electron chi connectivity index (χ1n) is 5.43. The quantitative estimate of drug-likeness (QED) is 0.581. The van der Waals surface area contributed by atoms with Gasteiger partial charge in [0.1, 0.15) is 17.2 Å². The molecule has 2 rings (SSSR count). The summed E-state index contributed by atoms with van der Waals surface area (Å²) in [7, 11) is 0. The van der Waals surface area contributed by atoms with Crippen LogP contribution >= 0.6 is 0 Å². The van der Waals surface area contributed by atoms with Gasteiger partial charge in [-0.3, -0.25) is 4.79 Å². The van der Waals surface area contributed by atoms with Crippen molar-refractivity contribution in [3.63, 3.8) is 0 Å². The van der Waals surface area contributed by atoms with Crippen LogP contribution in [0.4, 0.5) is 5.82 Å². The molecule has 0 atom stereocenters. The molecule has 0 saturated carbocycles. The monoisotopic (exact) mass is 323 g/mol. The molecule has 0 aliphatic heterocycles. The van der Waals surface area contributed by atoms with Crippen molar-refractivity contribution in [3.05, 3.63) is 47.7 Å². The average molecular weight is 324 g/mol. The SMILES string of the molecule is Cc1ncc(C[n+]2cccc(C(N)=O)c2)c(N)n1.[Br-]. The van der Waals surface area contributed by atoms with E-state index < -0.39 is 5.91 Å². The smallest absolute Gasteiger partial charge is 0.254 e. The summed E-state index contributed by atoms with van der Waals surface area (Å²) in [5.74, 6) is 0.615. The Morgan fingerprint density at radius 2 is 2.21 bits per heavy atom. The lowest BCUT2D eigenvalue weighted by Crippen LogP contribution is -3.00. The Kier molecular flexibility index (Phi) is 4.94. The van der Waals surface area contributed by atoms with E-state index in [2.05, 4.69) is 9.97 Å². The van der Waals surface area contributed by atoms with E-state index in [0.29, 0.717) is 23.8 Å². The number of carbonyl (C=O) groups excluding carboxylic acids is 1. The van der Waals surface area contributed by atoms with Gasteiger partial charge in [0.05, 0.1) is 5.56 Å². The van der Waals surface area contributed by atoms with Gasteiger partial charge in [0.25, 0.3) is 5.91 Å². The number of hydrogen-bond acceptors (Lipinski definition) is 4. The van der Waals surface area contributed by atoms with Gasteiger partial charge in [-0.15, -0.1) is 0 Å². The van der Waals surface area contributed by atoms with E-state index in [1.807, 2.05) is 10.8 Å². The van der Waals surface area contributed by atoms with Gasteiger partial charge in [-0.05, 0) is 13.0 Å². The van der Waals surface area contributed by atoms with Crippen molar-refractivity contribution in [3.8, 4) is 0 Å². The molecule has 0 radical (unpaired) electrons. The number of aryl methyl sites for hydroxylation is 1. The van der Waals surface area contributed by atoms with Gasteiger partial charge in [-0.25, -0.2) is 9.97 Å². The van der Waals surface area contributed by atoms with Gasteiger partial charge in [-0.2, -0.15) is 4.57 Å². The number of aromatic nitrogens is 3. The maximum Gasteiger partial charge on any atom is 0.254 e. The fraction of sp³-hybridized carbons (Fsp3) is 0.167. The molecule has 0 unspecified atom stereocenters. The number of hydrogen-bond donors (Lipinski definition) is 2. The van der Waals surface area contributed by atoms with Crippen LogP contribution in [0.2, 0.25) is 0 Å². The summed E-state index contributed by atoms with van der Waals surface area (Å²) in [6.45, 7) is 2.27. The van der Waals surface area contributed by atoms with E-state index >= 15 is 0 Å². The van der Waals surface area contributed by atoms with Gasteiger partial charge >= 0.3 is 0 Å². The first-order chi connectivity index (χ1) is 8.56. The summed E-state index contributed by atoms with van der Waals surface area (Å²) in [5.41, 5.74) is 12.3. The molecule has 100 valence electrons. The molecule has 2 aromatic rings. The molecule has 0 bridgehead atoms. The summed E-state index contributed by atoms with van der Waals surface area (Å²) in [6, 6.07) is 3.42. The molecule has 4 N–H and O–H groups in total. The summed E-state index contributed by atoms with van der Waals surface area (Å²) < 4.78 is 1.81. The number of primary amides is 1. The van der Waals surface area contributed by atoms with Crippen LogP contribution in [0.1, 0.15) is 21.7 Å². The third-order valence-corrected chi connectivity index (χ3v) is 2.51. The lowest BCUT2D eigenvalue weighted by Gasteiger charge is -2.02. The lowest BCUT2D eigenvalue weighted by atomic mass is 10.2. The molecule has 0 aliphatic rings. The fourth-order valence-corrected chi connectivity index (χ4v) is 1.60. The number of amides is 1. The first-order valence-corrected chi connectivity index (χ1v) is 5.43. The van der Waals surface area contributed by atoms with Crippen LogP contribution < -0.4 is 33.0 Å². The second kappa shape index (κ2) is 6.24. The Bertz CT molecular complexity index is 602. The molecule has 1 amide bonds. The first kappa shape index (κ1) is 15.0. The fourth-order valence-electron chi connectivity index (χ4n) is 1.60. The third-order valence-electron chi connectivity index (χ3n) is 2.51. The highest BCUT2D eigenvalue weighted by atomic mass is 79.9. The van der Waals surface area contributed by atoms with Crippen LogP contribution in [0.3, 0.4) is 0 Å². The van der Waals surface area contributed by atoms with Crippen molar-refractivity contribution >= 4 is 11.7 Å². The van der Waals surface area contributed by atoms with Crippen LogP contribution in [0, 0.1) is 6.92 Å². The number of rotatable bonds is 3. The molecule has 0 fully saturated rings. The molecule has 7 heteroatoms. The standard InChI is InChI=1S/C12H13N5O.BrH/c1-8-15-5-10(11(13)16-8)7-17-4-2-3-9(6-17)12(14)18;/h2-6H,7H2,1H3,(H3-,13,14,15,16,18);1H. The Morgan fingerprint density at radius 3 is 2.84 bits per heavy atom. The number of halogens is 1. The van der Waals surface area contributed by atoms with Gasteiger partial charge in [0.2, 0.25) is 0 Å². The maximum absolute atomic E-state index is 11.1. The van der Waals surface area contributed by atoms with Crippen LogP contribution in [0.25, 0.3) is 0 Å². The highest BCUT2D eigenvalue weighted by Gasteiger charge is 2.11. The minimum Gasteiger partial charge on any atom is -1.00 e. The number of anilines is 1. The number of carbonyl (C=O) groups is 1. The van der Waals surface area contributed by atoms with E-state index in [-0.39, 0.29) is 17.0 Å². The topological polar surface area (TPSA) is 98.8 Å². The molecule has 19 heavy (non-hydrogen) atoms. The molecule has 6 nitrogen and oxygen atoms in total. The zero-order chi connectivity index (χ0) is 13.1. The number of pyridine rings is 1. The number of nitrogens with zero attached hydrogens (tertiary/aromatic N) is 3. The van der Waals surface area contributed by atoms with Gasteiger partial charge in [-0.1, -0.05) is 0 Å². The largest absolute Gasteiger partial charge is 1.00 e. The molecule has 0 aliphatic carbocycles. The van der Waals surface area contributed by atoms with Gasteiger partial charge in [0, 0.05) is 12.3 Å². The van der Waals surface area contributed by atoms with Gasteiger partial charge < -0.3 is 28.4 Å². The van der Waals surface area contributed by atoms with E-state index in [1.165, 1.54) is 0 Å². The third kappa shape index (κ3) is 3.72. The summed E-state index contributed by atoms with van der Waals surface area (Å²) in [4.78, 5) is 19.3. The molecule has 2 heterocycles. The summed E-state index contributed by atoms with van der Waals surface area (Å²) >= 11 is 0. The minimum absolute atomic E-state index is 0. The second-order valence-corrected chi connectivity index (χ2v) is 3.96. The Morgan fingerprint density at radius 1 is 1.47 bits per heavy atom. The zero-order valence-corrected chi connectivity index (χ0v) is 12.0. The molecule has 2 aromatic heterocycles. The lowest BCUT2D eigenvalue weighted by molar-refractivity contribution is -0.688. The van der Waals surface area contributed by atoms with E-state index in [9.17, 15) is 4.79 Å². The van der Waals surface area contributed by atoms with E-state index in [0.717, 1.165) is 5.56 Å². The Balaban J connectivity index is 0.00000180. The molecular weight excluding hydrogens is 310 g/mol. The van der Waals surface area contributed by atoms with Gasteiger partial charge in [0.15, 0.2) is 18.9 Å². The predicted octanol–water partition coefficient (Wildman–Crippen LogP) is -3.19. The zero-order valence-electron chi connectivity index (χ0n) is 10.4. The average Bonchev–Trinajstić information content (AvgIpc) is 2.33. The van der Waals surface area contributed by atoms with Crippen LogP contribution in [-0.2, 0) is 6.54 Å². The van der Waals surface area contributed by atoms with Crippen LogP contribution in [-0.4, -0.2) is 15.9 Å². The normalized spacial score (nSPS) is 9.74. The van der Waals surface area contributed by atoms with Crippen molar-refractivity contribution < 1.29 is 26.3 Å². The van der Waals surface area contributed by atoms with Crippen LogP contribution in [0.5, 0.6) is 0 Å². The summed E-state index contributed by atoms with van der Waals surface area (Å²) in [5, 5.41) is 0. The molecule has 0 saturated heterocycles. The Labute approximate surface area is 121 Å². The van der Waals surface area contributed by atoms with Crippen molar-refractivity contribution in [2.75, 3.05) is 5.73 Å². The molecule has 0 aromatic carbocycles. The van der Waals surface area contributed by atoms with Crippen molar-refractivity contribution in [1.29, 1.82) is 0 Å². The summed E-state index contributed by atoms with van der Waals surface area (Å²) in [6.07, 6.45) is 5.18. The van der Waals surface area contributed by atoms with E-state index in [4.69, 9.17) is 11.5 Å². The van der Waals surface area contributed by atoms with Crippen molar-refractivity contribution in [2.24, 2.45) is 5.73 Å². The minimum atomic E-state index is -0.461. The molecule has 0 spiro atoms. The highest BCUT2D eigenvalue weighted by molar-refractivity contribution is 5.92. The van der Waals surface area contributed by atoms with Crippen molar-refractivity contribution in [1.82, 2.24) is 9.97 Å². The predicted molar refractivity (Wildman–Crippen MR) is 65.4 cm³/mol. The second-order valence-electron chi connectivity index (χ2n) is 3.96. The highest BCUT2D eigenvalue weighted by Crippen LogP contribution is 2.06. The molecular formula is C12H14BrN5O. The number of nitrogens with two attached hydrogens (primary N) is 2. The Hall–Kier alpha value is -2.02.